The van der Waals surface area contributed by atoms with E-state index in [9.17, 15) is 18.0 Å². The maximum absolute atomic E-state index is 12.2. The second-order valence-corrected chi connectivity index (χ2v) is 9.19. The zero-order valence-corrected chi connectivity index (χ0v) is 15.4. The van der Waals surface area contributed by atoms with Gasteiger partial charge in [0, 0.05) is 12.3 Å². The molecule has 1 aliphatic rings. The summed E-state index contributed by atoms with van der Waals surface area (Å²) in [5.41, 5.74) is 0.967. The second-order valence-electron chi connectivity index (χ2n) is 5.72. The Hall–Kier alpha value is -1.42. The van der Waals surface area contributed by atoms with Gasteiger partial charge in [0.15, 0.2) is 0 Å². The molecule has 0 spiro atoms. The van der Waals surface area contributed by atoms with Crippen molar-refractivity contribution in [2.75, 3.05) is 25.4 Å². The lowest BCUT2D eigenvalue weighted by Gasteiger charge is -2.13. The first-order valence-corrected chi connectivity index (χ1v) is 11.1. The molecule has 0 aliphatic carbocycles. The molecule has 0 saturated carbocycles. The van der Waals surface area contributed by atoms with Crippen molar-refractivity contribution >= 4 is 31.8 Å². The van der Waals surface area contributed by atoms with Crippen LogP contribution in [0.3, 0.4) is 0 Å². The molecule has 138 valence electrons. The Kier molecular flexibility index (Phi) is 7.42. The summed E-state index contributed by atoms with van der Waals surface area (Å²) in [6.07, 6.45) is 3.21. The average molecular weight is 386 g/mol. The van der Waals surface area contributed by atoms with Crippen molar-refractivity contribution < 1.29 is 22.6 Å². The minimum absolute atomic E-state index is 0.213. The molecule has 2 amide bonds. The Morgan fingerprint density at radius 2 is 1.56 bits per heavy atom. The number of amides is 2. The van der Waals surface area contributed by atoms with E-state index in [-0.39, 0.29) is 11.8 Å². The molecule has 2 rings (SSSR count). The molecular weight excluding hydrogens is 364 g/mol. The molecule has 2 N–H and O–H groups in total. The zero-order chi connectivity index (χ0) is 18.3. The highest BCUT2D eigenvalue weighted by Crippen LogP contribution is 2.22. The van der Waals surface area contributed by atoms with Crippen LogP contribution in [0.5, 0.6) is 0 Å². The predicted octanol–water partition coefficient (Wildman–Crippen LogP) is 1.97. The van der Waals surface area contributed by atoms with E-state index in [1.54, 1.807) is 24.3 Å². The third-order valence-electron chi connectivity index (χ3n) is 3.84. The minimum atomic E-state index is -3.94. The van der Waals surface area contributed by atoms with E-state index in [0.717, 1.165) is 25.8 Å². The number of nitrogens with zero attached hydrogens (tertiary/aromatic N) is 1. The summed E-state index contributed by atoms with van der Waals surface area (Å²) >= 11 is 0. The molecule has 1 aliphatic heterocycles. The van der Waals surface area contributed by atoms with E-state index in [4.69, 9.17) is 4.55 Å². The summed E-state index contributed by atoms with van der Waals surface area (Å²) in [5.74, 6) is -0.0731. The summed E-state index contributed by atoms with van der Waals surface area (Å²) in [4.78, 5) is 25.7. The molecule has 7 nitrogen and oxygen atoms in total. The van der Waals surface area contributed by atoms with Crippen molar-refractivity contribution in [1.29, 1.82) is 0 Å². The molecule has 1 aromatic carbocycles. The molecule has 0 unspecified atom stereocenters. The Labute approximate surface area is 151 Å². The number of benzene rings is 1. The number of imide groups is 1. The first kappa shape index (κ1) is 19.9. The van der Waals surface area contributed by atoms with Crippen LogP contribution in [0.4, 0.5) is 0 Å². The molecule has 25 heavy (non-hydrogen) atoms. The number of nitrogens with one attached hydrogen (secondary N) is 1. The summed E-state index contributed by atoms with van der Waals surface area (Å²) in [6.45, 7) is 1.90. The smallest absolute Gasteiger partial charge is 0.317 e. The van der Waals surface area contributed by atoms with Crippen LogP contribution in [0.1, 0.15) is 46.4 Å². The Morgan fingerprint density at radius 1 is 0.960 bits per heavy atom. The maximum Gasteiger partial charge on any atom is 0.319 e. The van der Waals surface area contributed by atoms with Crippen LogP contribution in [-0.2, 0) is 9.15 Å². The van der Waals surface area contributed by atoms with E-state index in [1.165, 1.54) is 4.90 Å². The van der Waals surface area contributed by atoms with Crippen molar-refractivity contribution in [3.8, 4) is 0 Å². The van der Waals surface area contributed by atoms with Crippen LogP contribution in [-0.4, -0.2) is 55.1 Å². The summed E-state index contributed by atoms with van der Waals surface area (Å²) < 4.78 is 29.6. The molecule has 0 aromatic heterocycles. The quantitative estimate of drug-likeness (QED) is 0.259. The first-order valence-electron chi connectivity index (χ1n) is 8.18. The van der Waals surface area contributed by atoms with Gasteiger partial charge in [-0.1, -0.05) is 18.6 Å². The number of carbonyl (C=O) groups excluding carboxylic acids is 2. The maximum atomic E-state index is 12.2. The van der Waals surface area contributed by atoms with Crippen LogP contribution in [0.25, 0.3) is 0 Å². The summed E-state index contributed by atoms with van der Waals surface area (Å²) in [5, 5.41) is 3.19. The zero-order valence-electron chi connectivity index (χ0n) is 13.8. The molecule has 0 radical (unpaired) electrons. The van der Waals surface area contributed by atoms with E-state index < -0.39 is 9.15 Å². The molecule has 0 atom stereocenters. The predicted molar refractivity (Wildman–Crippen MR) is 97.2 cm³/mol. The topological polar surface area (TPSA) is 104 Å². The molecule has 1 aromatic rings. The lowest BCUT2D eigenvalue weighted by Crippen LogP contribution is -2.30. The standard InChI is InChI=1S/C16H22N2O5S2/c19-15-13-7-2-3-8-14(13)16(20)18(15)11-5-1-4-9-17-10-6-12-24-25(21,22)23/h2-3,7-8,17H,1,4-6,9-12H2,(H,21,22,23). The Bertz CT molecular complexity index is 686. The van der Waals surface area contributed by atoms with Crippen LogP contribution in [0, 0.1) is 0 Å². The molecule has 0 fully saturated rings. The molecular formula is C16H22N2O5S2. The number of hydrogen-bond donors (Lipinski definition) is 2. The highest BCUT2D eigenvalue weighted by Gasteiger charge is 2.34. The third-order valence-corrected chi connectivity index (χ3v) is 5.99. The van der Waals surface area contributed by atoms with Crippen molar-refractivity contribution in [2.45, 2.75) is 25.7 Å². The number of fused-ring (bicyclic) bond motifs is 1. The summed E-state index contributed by atoms with van der Waals surface area (Å²) in [6, 6.07) is 6.88. The highest BCUT2D eigenvalue weighted by atomic mass is 33.1. The Balaban J connectivity index is 1.54. The molecule has 1 heterocycles. The van der Waals surface area contributed by atoms with Gasteiger partial charge in [-0.05, 0) is 55.3 Å². The van der Waals surface area contributed by atoms with Crippen molar-refractivity contribution in [1.82, 2.24) is 10.2 Å². The van der Waals surface area contributed by atoms with Gasteiger partial charge in [-0.3, -0.25) is 19.0 Å². The highest BCUT2D eigenvalue weighted by molar-refractivity contribution is 8.69. The van der Waals surface area contributed by atoms with Gasteiger partial charge >= 0.3 is 9.15 Å². The van der Waals surface area contributed by atoms with Crippen LogP contribution < -0.4 is 5.32 Å². The van der Waals surface area contributed by atoms with Crippen molar-refractivity contribution in [3.05, 3.63) is 35.4 Å². The van der Waals surface area contributed by atoms with E-state index in [2.05, 4.69) is 5.32 Å². The van der Waals surface area contributed by atoms with Gasteiger partial charge in [0.05, 0.1) is 11.1 Å². The minimum Gasteiger partial charge on any atom is -0.317 e. The fraction of sp³-hybridized carbons (Fsp3) is 0.500. The van der Waals surface area contributed by atoms with Crippen LogP contribution in [0.2, 0.25) is 0 Å². The van der Waals surface area contributed by atoms with Gasteiger partial charge in [0.25, 0.3) is 11.8 Å². The van der Waals surface area contributed by atoms with Gasteiger partial charge in [0.1, 0.15) is 0 Å². The number of carbonyl (C=O) groups is 2. The van der Waals surface area contributed by atoms with Gasteiger partial charge < -0.3 is 5.32 Å². The van der Waals surface area contributed by atoms with Crippen molar-refractivity contribution in [2.24, 2.45) is 0 Å². The van der Waals surface area contributed by atoms with E-state index in [0.29, 0.717) is 47.2 Å². The third kappa shape index (κ3) is 6.10. The SMILES string of the molecule is O=C1c2ccccc2C(=O)N1CCCCCNCCCSS(=O)(=O)O. The van der Waals surface area contributed by atoms with Gasteiger partial charge in [-0.2, -0.15) is 8.42 Å². The lowest BCUT2D eigenvalue weighted by molar-refractivity contribution is 0.0651. The van der Waals surface area contributed by atoms with Crippen LogP contribution in [0.15, 0.2) is 24.3 Å². The van der Waals surface area contributed by atoms with Gasteiger partial charge in [-0.15, -0.1) is 0 Å². The fourth-order valence-electron chi connectivity index (χ4n) is 2.63. The molecule has 0 bridgehead atoms. The van der Waals surface area contributed by atoms with Gasteiger partial charge in [-0.25, -0.2) is 0 Å². The first-order chi connectivity index (χ1) is 11.9. The van der Waals surface area contributed by atoms with Crippen molar-refractivity contribution in [3.63, 3.8) is 0 Å². The number of rotatable bonds is 11. The van der Waals surface area contributed by atoms with Crippen LogP contribution >= 0.6 is 10.8 Å². The number of unbranched alkanes of at least 4 members (excludes halogenated alkanes) is 2. The fourth-order valence-corrected chi connectivity index (χ4v) is 4.08. The lowest BCUT2D eigenvalue weighted by atomic mass is 10.1. The summed E-state index contributed by atoms with van der Waals surface area (Å²) in [7, 11) is -3.40. The van der Waals surface area contributed by atoms with E-state index >= 15 is 0 Å². The van der Waals surface area contributed by atoms with E-state index in [1.807, 2.05) is 0 Å². The number of hydrogen-bond acceptors (Lipinski definition) is 6. The normalized spacial score (nSPS) is 14.2. The average Bonchev–Trinajstić information content (AvgIpc) is 2.80. The molecule has 0 saturated heterocycles. The largest absolute Gasteiger partial charge is 0.319 e. The monoisotopic (exact) mass is 386 g/mol. The van der Waals surface area contributed by atoms with Gasteiger partial charge in [0.2, 0.25) is 0 Å². The molecule has 9 heteroatoms. The second kappa shape index (κ2) is 9.33. The Morgan fingerprint density at radius 3 is 2.16 bits per heavy atom.